The molecule has 5 nitrogen and oxygen atoms in total. The first-order valence-electron chi connectivity index (χ1n) is 7.82. The summed E-state index contributed by atoms with van der Waals surface area (Å²) in [5.74, 6) is 0.260. The van der Waals surface area contributed by atoms with Gasteiger partial charge in [-0.1, -0.05) is 6.92 Å². The lowest BCUT2D eigenvalue weighted by Crippen LogP contribution is -2.21. The van der Waals surface area contributed by atoms with Crippen molar-refractivity contribution in [3.63, 3.8) is 0 Å². The van der Waals surface area contributed by atoms with Gasteiger partial charge in [-0.3, -0.25) is 4.98 Å². The molecule has 2 N–H and O–H groups in total. The Kier molecular flexibility index (Phi) is 6.14. The zero-order valence-corrected chi connectivity index (χ0v) is 14.0. The van der Waals surface area contributed by atoms with Crippen molar-refractivity contribution in [2.75, 3.05) is 6.61 Å². The number of hydrogen-bond donors (Lipinski definition) is 1. The van der Waals surface area contributed by atoms with Crippen LogP contribution in [0.5, 0.6) is 5.75 Å². The van der Waals surface area contributed by atoms with Crippen LogP contribution in [0.3, 0.4) is 0 Å². The predicted molar refractivity (Wildman–Crippen MR) is 87.9 cm³/mol. The molecule has 2 rings (SSSR count). The van der Waals surface area contributed by atoms with Gasteiger partial charge in [0.15, 0.2) is 0 Å². The molecule has 0 fully saturated rings. The molecule has 0 aliphatic heterocycles. The number of nitrogens with zero attached hydrogens (tertiary/aromatic N) is 3. The highest BCUT2D eigenvalue weighted by molar-refractivity contribution is 5.57. The van der Waals surface area contributed by atoms with Crippen LogP contribution in [0.1, 0.15) is 38.0 Å². The molecule has 0 aliphatic carbocycles. The van der Waals surface area contributed by atoms with Crippen LogP contribution in [-0.4, -0.2) is 27.6 Å². The summed E-state index contributed by atoms with van der Waals surface area (Å²) in [6.07, 6.45) is 0.810. The summed E-state index contributed by atoms with van der Waals surface area (Å²) in [4.78, 5) is 12.3. The van der Waals surface area contributed by atoms with E-state index in [1.165, 1.54) is 18.6 Å². The number of halogens is 2. The van der Waals surface area contributed by atoms with Crippen LogP contribution in [0.25, 0.3) is 11.4 Å². The minimum absolute atomic E-state index is 0.0414. The lowest BCUT2D eigenvalue weighted by Gasteiger charge is -2.17. The monoisotopic (exact) mass is 336 g/mol. The number of aromatic nitrogens is 3. The Labute approximate surface area is 140 Å². The molecule has 0 saturated heterocycles. The molecular weight excluding hydrogens is 314 g/mol. The summed E-state index contributed by atoms with van der Waals surface area (Å²) in [6.45, 7) is 5.99. The van der Waals surface area contributed by atoms with Crippen LogP contribution in [0.2, 0.25) is 0 Å². The summed E-state index contributed by atoms with van der Waals surface area (Å²) in [5, 5.41) is 0. The van der Waals surface area contributed by atoms with Gasteiger partial charge in [-0.15, -0.1) is 0 Å². The Hall–Kier alpha value is -2.15. The largest absolute Gasteiger partial charge is 0.491 e. The average molecular weight is 336 g/mol. The molecule has 2 unspecified atom stereocenters. The topological polar surface area (TPSA) is 73.9 Å². The van der Waals surface area contributed by atoms with Gasteiger partial charge in [-0.05, 0) is 38.3 Å². The fourth-order valence-electron chi connectivity index (χ4n) is 2.42. The zero-order chi connectivity index (χ0) is 17.7. The van der Waals surface area contributed by atoms with Crippen molar-refractivity contribution in [1.29, 1.82) is 0 Å². The van der Waals surface area contributed by atoms with Gasteiger partial charge in [0.25, 0.3) is 6.43 Å². The maximum atomic E-state index is 13.4. The van der Waals surface area contributed by atoms with E-state index in [0.717, 1.165) is 12.1 Å². The molecule has 2 heterocycles. The summed E-state index contributed by atoms with van der Waals surface area (Å²) in [7, 11) is 0. The van der Waals surface area contributed by atoms with E-state index in [-0.39, 0.29) is 23.3 Å². The fraction of sp³-hybridized carbons (Fsp3) is 0.471. The van der Waals surface area contributed by atoms with Gasteiger partial charge in [-0.2, -0.15) is 0 Å². The standard InChI is InChI=1S/C17H22F2N4O/c1-10(4-11(2)20)8-24-16-7-21-15(6-13(16)17(18)19)14-5-12(3)22-9-23-14/h5-7,9-11,17H,4,8,20H2,1-3H3. The first-order valence-corrected chi connectivity index (χ1v) is 7.82. The van der Waals surface area contributed by atoms with Gasteiger partial charge in [-0.25, -0.2) is 18.7 Å². The third-order valence-corrected chi connectivity index (χ3v) is 3.50. The molecule has 0 radical (unpaired) electrons. The summed E-state index contributed by atoms with van der Waals surface area (Å²) >= 11 is 0. The molecule has 2 atom stereocenters. The highest BCUT2D eigenvalue weighted by Gasteiger charge is 2.18. The van der Waals surface area contributed by atoms with Crippen LogP contribution >= 0.6 is 0 Å². The molecule has 130 valence electrons. The molecule has 2 aromatic rings. The number of alkyl halides is 2. The third-order valence-electron chi connectivity index (χ3n) is 3.50. The van der Waals surface area contributed by atoms with E-state index < -0.39 is 6.43 Å². The predicted octanol–water partition coefficient (Wildman–Crippen LogP) is 3.54. The van der Waals surface area contributed by atoms with Gasteiger partial charge >= 0.3 is 0 Å². The first kappa shape index (κ1) is 18.2. The maximum absolute atomic E-state index is 13.4. The zero-order valence-electron chi connectivity index (χ0n) is 14.0. The Morgan fingerprint density at radius 3 is 2.46 bits per heavy atom. The van der Waals surface area contributed by atoms with Gasteiger partial charge < -0.3 is 10.5 Å². The molecule has 0 aliphatic rings. The molecule has 24 heavy (non-hydrogen) atoms. The minimum Gasteiger partial charge on any atom is -0.491 e. The second-order valence-electron chi connectivity index (χ2n) is 6.08. The molecule has 0 amide bonds. The molecule has 0 spiro atoms. The molecule has 0 aromatic carbocycles. The van der Waals surface area contributed by atoms with Crippen LogP contribution in [0, 0.1) is 12.8 Å². The van der Waals surface area contributed by atoms with Crippen molar-refractivity contribution < 1.29 is 13.5 Å². The van der Waals surface area contributed by atoms with Crippen LogP contribution in [0.4, 0.5) is 8.78 Å². The van der Waals surface area contributed by atoms with Crippen LogP contribution in [-0.2, 0) is 0 Å². The molecule has 7 heteroatoms. The Morgan fingerprint density at radius 1 is 1.12 bits per heavy atom. The molecule has 2 aromatic heterocycles. The van der Waals surface area contributed by atoms with Gasteiger partial charge in [0.05, 0.1) is 29.8 Å². The lowest BCUT2D eigenvalue weighted by atomic mass is 10.0. The lowest BCUT2D eigenvalue weighted by molar-refractivity contribution is 0.142. The van der Waals surface area contributed by atoms with E-state index in [1.54, 1.807) is 13.0 Å². The van der Waals surface area contributed by atoms with Gasteiger partial charge in [0, 0.05) is 11.7 Å². The van der Waals surface area contributed by atoms with Crippen molar-refractivity contribution >= 4 is 0 Å². The number of aryl methyl sites for hydroxylation is 1. The van der Waals surface area contributed by atoms with E-state index in [4.69, 9.17) is 10.5 Å². The van der Waals surface area contributed by atoms with Crippen molar-refractivity contribution in [3.05, 3.63) is 35.9 Å². The van der Waals surface area contributed by atoms with E-state index in [1.807, 2.05) is 13.8 Å². The number of hydrogen-bond acceptors (Lipinski definition) is 5. The van der Waals surface area contributed by atoms with Crippen LogP contribution < -0.4 is 10.5 Å². The number of ether oxygens (including phenoxy) is 1. The van der Waals surface area contributed by atoms with Gasteiger partial charge in [0.1, 0.15) is 12.1 Å². The Balaban J connectivity index is 2.21. The molecule has 0 bridgehead atoms. The quantitative estimate of drug-likeness (QED) is 0.837. The fourth-order valence-corrected chi connectivity index (χ4v) is 2.42. The average Bonchev–Trinajstić information content (AvgIpc) is 2.52. The third kappa shape index (κ3) is 4.92. The number of pyridine rings is 1. The van der Waals surface area contributed by atoms with Crippen molar-refractivity contribution in [2.45, 2.75) is 39.7 Å². The van der Waals surface area contributed by atoms with Gasteiger partial charge in [0.2, 0.25) is 0 Å². The molecular formula is C17H22F2N4O. The van der Waals surface area contributed by atoms with Crippen LogP contribution in [0.15, 0.2) is 24.7 Å². The number of rotatable bonds is 7. The maximum Gasteiger partial charge on any atom is 0.267 e. The Morgan fingerprint density at radius 2 is 1.83 bits per heavy atom. The van der Waals surface area contributed by atoms with E-state index in [2.05, 4.69) is 15.0 Å². The number of nitrogens with two attached hydrogens (primary N) is 1. The van der Waals surface area contributed by atoms with Crippen molar-refractivity contribution in [3.8, 4) is 17.1 Å². The second kappa shape index (κ2) is 8.10. The normalized spacial score (nSPS) is 13.8. The van der Waals surface area contributed by atoms with E-state index >= 15 is 0 Å². The smallest absolute Gasteiger partial charge is 0.267 e. The molecule has 0 saturated carbocycles. The summed E-state index contributed by atoms with van der Waals surface area (Å²) < 4.78 is 32.3. The Bertz CT molecular complexity index is 679. The van der Waals surface area contributed by atoms with E-state index in [0.29, 0.717) is 18.0 Å². The summed E-state index contributed by atoms with van der Waals surface area (Å²) in [6, 6.07) is 3.06. The second-order valence-corrected chi connectivity index (χ2v) is 6.08. The van der Waals surface area contributed by atoms with E-state index in [9.17, 15) is 8.78 Å². The highest BCUT2D eigenvalue weighted by Crippen LogP contribution is 2.31. The minimum atomic E-state index is -2.66. The van der Waals surface area contributed by atoms with Crippen molar-refractivity contribution in [2.24, 2.45) is 11.7 Å². The van der Waals surface area contributed by atoms with Crippen molar-refractivity contribution in [1.82, 2.24) is 15.0 Å². The first-order chi connectivity index (χ1) is 11.4. The highest BCUT2D eigenvalue weighted by atomic mass is 19.3. The SMILES string of the molecule is Cc1cc(-c2cc(C(F)F)c(OCC(C)CC(C)N)cn2)ncn1. The summed E-state index contributed by atoms with van der Waals surface area (Å²) in [5.41, 5.74) is 7.16.